The highest BCUT2D eigenvalue weighted by Crippen LogP contribution is 2.52. The Hall–Kier alpha value is -1.02. The van der Waals surface area contributed by atoms with Gasteiger partial charge in [0.05, 0.1) is 0 Å². The monoisotopic (exact) mass is 261 g/mol. The van der Waals surface area contributed by atoms with Crippen LogP contribution in [0.5, 0.6) is 0 Å². The SMILES string of the molecule is C/C1=C\CC=C/C(O)=C/C[C@@H]2NCC[C@@]2(C)C1(C)C. The first-order chi connectivity index (χ1) is 8.88. The molecule has 0 spiro atoms. The van der Waals surface area contributed by atoms with Crippen molar-refractivity contribution in [1.82, 2.24) is 5.32 Å². The van der Waals surface area contributed by atoms with Crippen LogP contribution in [0.15, 0.2) is 35.6 Å². The van der Waals surface area contributed by atoms with Gasteiger partial charge < -0.3 is 10.4 Å². The molecule has 1 saturated heterocycles. The Balaban J connectivity index is 2.43. The van der Waals surface area contributed by atoms with Crippen molar-refractivity contribution in [3.63, 3.8) is 0 Å². The van der Waals surface area contributed by atoms with Gasteiger partial charge in [0.2, 0.25) is 0 Å². The molecule has 106 valence electrons. The van der Waals surface area contributed by atoms with Crippen molar-refractivity contribution < 1.29 is 5.11 Å². The molecule has 1 aliphatic carbocycles. The number of nitrogens with one attached hydrogen (secondary N) is 1. The van der Waals surface area contributed by atoms with E-state index < -0.39 is 0 Å². The van der Waals surface area contributed by atoms with Gasteiger partial charge in [-0.1, -0.05) is 38.5 Å². The molecular formula is C17H27NO. The van der Waals surface area contributed by atoms with Crippen LogP contribution in [-0.4, -0.2) is 17.7 Å². The summed E-state index contributed by atoms with van der Waals surface area (Å²) in [6.07, 6.45) is 11.1. The fourth-order valence-corrected chi connectivity index (χ4v) is 3.44. The van der Waals surface area contributed by atoms with E-state index in [9.17, 15) is 5.11 Å². The van der Waals surface area contributed by atoms with Crippen molar-refractivity contribution in [2.45, 2.75) is 53.0 Å². The van der Waals surface area contributed by atoms with Crippen molar-refractivity contribution in [2.75, 3.05) is 6.54 Å². The van der Waals surface area contributed by atoms with Crippen molar-refractivity contribution in [2.24, 2.45) is 10.8 Å². The maximum atomic E-state index is 9.85. The largest absolute Gasteiger partial charge is 0.508 e. The molecule has 2 heteroatoms. The van der Waals surface area contributed by atoms with Gasteiger partial charge in [0.1, 0.15) is 5.76 Å². The lowest BCUT2D eigenvalue weighted by atomic mass is 9.59. The number of hydrogen-bond acceptors (Lipinski definition) is 2. The van der Waals surface area contributed by atoms with Crippen LogP contribution in [0.25, 0.3) is 0 Å². The lowest BCUT2D eigenvalue weighted by Crippen LogP contribution is -2.45. The normalized spacial score (nSPS) is 40.5. The van der Waals surface area contributed by atoms with Crippen LogP contribution >= 0.6 is 0 Å². The smallest absolute Gasteiger partial charge is 0.111 e. The molecule has 1 fully saturated rings. The average molecular weight is 261 g/mol. The molecule has 0 aromatic rings. The number of hydrogen-bond donors (Lipinski definition) is 2. The van der Waals surface area contributed by atoms with Gasteiger partial charge in [-0.25, -0.2) is 0 Å². The summed E-state index contributed by atoms with van der Waals surface area (Å²) in [6.45, 7) is 10.4. The predicted octanol–water partition coefficient (Wildman–Crippen LogP) is 4.12. The van der Waals surface area contributed by atoms with Crippen molar-refractivity contribution in [3.8, 4) is 0 Å². The van der Waals surface area contributed by atoms with Crippen molar-refractivity contribution in [1.29, 1.82) is 0 Å². The van der Waals surface area contributed by atoms with Gasteiger partial charge in [0, 0.05) is 6.04 Å². The Bertz CT molecular complexity index is 431. The molecular weight excluding hydrogens is 234 g/mol. The van der Waals surface area contributed by atoms with Gasteiger partial charge in [-0.3, -0.25) is 0 Å². The zero-order chi connectivity index (χ0) is 14.1. The first-order valence-corrected chi connectivity index (χ1v) is 7.34. The molecule has 2 aliphatic rings. The second-order valence-corrected chi connectivity index (χ2v) is 6.69. The van der Waals surface area contributed by atoms with Crippen molar-refractivity contribution in [3.05, 3.63) is 35.6 Å². The third-order valence-electron chi connectivity index (χ3n) is 5.63. The highest BCUT2D eigenvalue weighted by Gasteiger charge is 2.49. The summed E-state index contributed by atoms with van der Waals surface area (Å²) in [5, 5.41) is 13.5. The fourth-order valence-electron chi connectivity index (χ4n) is 3.44. The molecule has 2 atom stereocenters. The van der Waals surface area contributed by atoms with Crippen LogP contribution in [0.1, 0.15) is 47.0 Å². The number of aliphatic hydroxyl groups excluding tert-OH is 1. The Morgan fingerprint density at radius 1 is 1.26 bits per heavy atom. The third kappa shape index (κ3) is 2.51. The maximum Gasteiger partial charge on any atom is 0.111 e. The number of aliphatic hydroxyl groups is 1. The standard InChI is InChI=1S/C17H27NO/c1-13-7-5-6-8-14(19)9-10-15-17(4,11-12-18-15)16(13,2)3/h6-9,15,18-19H,5,10-12H2,1-4H3/b8-6?,13-7+,14-9-/t15-,17+/m0/s1. The Kier molecular flexibility index (Phi) is 3.91. The first kappa shape index (κ1) is 14.4. The maximum absolute atomic E-state index is 9.85. The van der Waals surface area contributed by atoms with Crippen LogP contribution in [0.3, 0.4) is 0 Å². The number of fused-ring (bicyclic) bond motifs is 1. The van der Waals surface area contributed by atoms with E-state index >= 15 is 0 Å². The molecule has 0 unspecified atom stereocenters. The topological polar surface area (TPSA) is 32.3 Å². The molecule has 19 heavy (non-hydrogen) atoms. The molecule has 0 aromatic heterocycles. The highest BCUT2D eigenvalue weighted by molar-refractivity contribution is 5.22. The Morgan fingerprint density at radius 3 is 2.74 bits per heavy atom. The van der Waals surface area contributed by atoms with Crippen LogP contribution in [0, 0.1) is 10.8 Å². The van der Waals surface area contributed by atoms with Gasteiger partial charge in [-0.15, -0.1) is 0 Å². The van der Waals surface area contributed by atoms with Crippen molar-refractivity contribution >= 4 is 0 Å². The lowest BCUT2D eigenvalue weighted by Gasteiger charge is -2.46. The zero-order valence-electron chi connectivity index (χ0n) is 12.7. The van der Waals surface area contributed by atoms with Gasteiger partial charge in [-0.2, -0.15) is 0 Å². The van der Waals surface area contributed by atoms with Gasteiger partial charge >= 0.3 is 0 Å². The molecule has 0 amide bonds. The molecule has 0 saturated carbocycles. The second kappa shape index (κ2) is 5.16. The van der Waals surface area contributed by atoms with E-state index in [0.29, 0.717) is 11.8 Å². The summed E-state index contributed by atoms with van der Waals surface area (Å²) in [6, 6.07) is 0.430. The minimum Gasteiger partial charge on any atom is -0.508 e. The lowest BCUT2D eigenvalue weighted by molar-refractivity contribution is 0.108. The van der Waals surface area contributed by atoms with Gasteiger partial charge in [-0.05, 0) is 55.7 Å². The van der Waals surface area contributed by atoms with Crippen LogP contribution in [0.4, 0.5) is 0 Å². The van der Waals surface area contributed by atoms with E-state index in [1.54, 1.807) is 0 Å². The average Bonchev–Trinajstić information content (AvgIpc) is 2.73. The summed E-state index contributed by atoms with van der Waals surface area (Å²) in [4.78, 5) is 0. The quantitative estimate of drug-likeness (QED) is 0.643. The Labute approximate surface area is 117 Å². The summed E-state index contributed by atoms with van der Waals surface area (Å²) >= 11 is 0. The molecule has 0 radical (unpaired) electrons. The summed E-state index contributed by atoms with van der Waals surface area (Å²) in [5.41, 5.74) is 1.85. The molecule has 2 N–H and O–H groups in total. The minimum atomic E-state index is 0.169. The van der Waals surface area contributed by atoms with Crippen LogP contribution in [-0.2, 0) is 0 Å². The zero-order valence-corrected chi connectivity index (χ0v) is 12.7. The molecule has 0 aromatic carbocycles. The van der Waals surface area contributed by atoms with Crippen LogP contribution < -0.4 is 5.32 Å². The third-order valence-corrected chi connectivity index (χ3v) is 5.63. The second-order valence-electron chi connectivity index (χ2n) is 6.69. The van der Waals surface area contributed by atoms with Crippen LogP contribution in [0.2, 0.25) is 0 Å². The highest BCUT2D eigenvalue weighted by atomic mass is 16.3. The Morgan fingerprint density at radius 2 is 2.00 bits per heavy atom. The number of rotatable bonds is 0. The fraction of sp³-hybridized carbons (Fsp3) is 0.647. The summed E-state index contributed by atoms with van der Waals surface area (Å²) < 4.78 is 0. The molecule has 1 heterocycles. The van der Waals surface area contributed by atoms with E-state index in [2.05, 4.69) is 39.1 Å². The molecule has 2 rings (SSSR count). The van der Waals surface area contributed by atoms with E-state index in [0.717, 1.165) is 19.4 Å². The molecule has 0 bridgehead atoms. The predicted molar refractivity (Wildman–Crippen MR) is 81.1 cm³/mol. The van der Waals surface area contributed by atoms with Gasteiger partial charge in [0.25, 0.3) is 0 Å². The molecule has 1 aliphatic heterocycles. The van der Waals surface area contributed by atoms with E-state index in [1.807, 2.05) is 18.2 Å². The summed E-state index contributed by atoms with van der Waals surface area (Å²) in [7, 11) is 0. The minimum absolute atomic E-state index is 0.169. The van der Waals surface area contributed by atoms with E-state index in [1.165, 1.54) is 12.0 Å². The molecule has 2 nitrogen and oxygen atoms in total. The van der Waals surface area contributed by atoms with E-state index in [-0.39, 0.29) is 10.8 Å². The summed E-state index contributed by atoms with van der Waals surface area (Å²) in [5.74, 6) is 0.391. The number of allylic oxidation sites excluding steroid dienone is 4. The first-order valence-electron chi connectivity index (χ1n) is 7.34. The van der Waals surface area contributed by atoms with Gasteiger partial charge in [0.15, 0.2) is 0 Å². The van der Waals surface area contributed by atoms with E-state index in [4.69, 9.17) is 0 Å².